The summed E-state index contributed by atoms with van der Waals surface area (Å²) in [4.78, 5) is 2.69. The van der Waals surface area contributed by atoms with Crippen molar-refractivity contribution in [2.24, 2.45) is 0 Å². The maximum atomic E-state index is 3.64. The topological polar surface area (TPSA) is 15.3 Å². The second kappa shape index (κ2) is 3.58. The lowest BCUT2D eigenvalue weighted by molar-refractivity contribution is 0.254. The Morgan fingerprint density at radius 2 is 2.00 bits per heavy atom. The zero-order valence-electron chi connectivity index (χ0n) is 9.09. The van der Waals surface area contributed by atoms with Gasteiger partial charge in [-0.1, -0.05) is 13.8 Å². The summed E-state index contributed by atoms with van der Waals surface area (Å²) in [7, 11) is 0. The molecule has 2 unspecified atom stereocenters. The normalized spacial score (nSPS) is 36.0. The van der Waals surface area contributed by atoms with E-state index in [2.05, 4.69) is 31.0 Å². The van der Waals surface area contributed by atoms with Crippen molar-refractivity contribution in [1.82, 2.24) is 10.2 Å². The van der Waals surface area contributed by atoms with Gasteiger partial charge in [0.2, 0.25) is 0 Å². The van der Waals surface area contributed by atoms with Crippen molar-refractivity contribution in [3.8, 4) is 0 Å². The molecule has 0 aromatic carbocycles. The minimum absolute atomic E-state index is 0.636. The molecule has 76 valence electrons. The van der Waals surface area contributed by atoms with Crippen LogP contribution in [0, 0.1) is 0 Å². The minimum Gasteiger partial charge on any atom is -0.310 e. The molecule has 2 fully saturated rings. The van der Waals surface area contributed by atoms with Gasteiger partial charge in [-0.25, -0.2) is 0 Å². The van der Waals surface area contributed by atoms with E-state index in [0.29, 0.717) is 6.04 Å². The van der Waals surface area contributed by atoms with E-state index in [1.807, 2.05) is 0 Å². The van der Waals surface area contributed by atoms with Crippen LogP contribution >= 0.6 is 0 Å². The Kier molecular flexibility index (Phi) is 2.61. The van der Waals surface area contributed by atoms with Crippen LogP contribution in [-0.2, 0) is 0 Å². The Labute approximate surface area is 81.7 Å². The summed E-state index contributed by atoms with van der Waals surface area (Å²) in [6.07, 6.45) is 4.23. The van der Waals surface area contributed by atoms with Gasteiger partial charge in [0, 0.05) is 30.7 Å². The average molecular weight is 182 g/mol. The van der Waals surface area contributed by atoms with Gasteiger partial charge in [-0.3, -0.25) is 4.90 Å². The van der Waals surface area contributed by atoms with Crippen molar-refractivity contribution in [1.29, 1.82) is 0 Å². The quantitative estimate of drug-likeness (QED) is 0.713. The molecule has 2 atom stereocenters. The lowest BCUT2D eigenvalue weighted by atomic mass is 10.2. The van der Waals surface area contributed by atoms with E-state index in [9.17, 15) is 0 Å². The van der Waals surface area contributed by atoms with E-state index >= 15 is 0 Å². The van der Waals surface area contributed by atoms with Crippen molar-refractivity contribution in [2.75, 3.05) is 6.54 Å². The van der Waals surface area contributed by atoms with E-state index in [4.69, 9.17) is 0 Å². The van der Waals surface area contributed by atoms with Crippen molar-refractivity contribution in [2.45, 2.75) is 64.2 Å². The summed E-state index contributed by atoms with van der Waals surface area (Å²) in [6.45, 7) is 8.14. The Morgan fingerprint density at radius 3 is 2.54 bits per heavy atom. The highest BCUT2D eigenvalue weighted by atomic mass is 15.3. The Hall–Kier alpha value is -0.0800. The van der Waals surface area contributed by atoms with Crippen LogP contribution in [0.1, 0.15) is 40.0 Å². The van der Waals surface area contributed by atoms with Gasteiger partial charge in [0.15, 0.2) is 0 Å². The number of hydrogen-bond acceptors (Lipinski definition) is 2. The van der Waals surface area contributed by atoms with Crippen molar-refractivity contribution in [3.05, 3.63) is 0 Å². The van der Waals surface area contributed by atoms with E-state index in [0.717, 1.165) is 18.1 Å². The maximum absolute atomic E-state index is 3.64. The third kappa shape index (κ3) is 2.23. The zero-order valence-corrected chi connectivity index (χ0v) is 9.09. The molecule has 13 heavy (non-hydrogen) atoms. The smallest absolute Gasteiger partial charge is 0.0212 e. The third-order valence-corrected chi connectivity index (χ3v) is 3.21. The first-order chi connectivity index (χ1) is 6.16. The highest BCUT2D eigenvalue weighted by Crippen LogP contribution is 2.33. The zero-order chi connectivity index (χ0) is 9.42. The molecule has 1 aliphatic heterocycles. The molecule has 1 saturated heterocycles. The Balaban J connectivity index is 1.83. The van der Waals surface area contributed by atoms with Gasteiger partial charge in [0.25, 0.3) is 0 Å². The fourth-order valence-electron chi connectivity index (χ4n) is 2.56. The minimum atomic E-state index is 0.636. The Bertz CT molecular complexity index is 175. The van der Waals surface area contributed by atoms with Crippen LogP contribution in [0.25, 0.3) is 0 Å². The number of rotatable bonds is 3. The molecule has 2 heteroatoms. The molecular weight excluding hydrogens is 160 g/mol. The molecule has 1 aliphatic carbocycles. The largest absolute Gasteiger partial charge is 0.310 e. The average Bonchev–Trinajstić information content (AvgIpc) is 2.77. The molecule has 0 aromatic rings. The second-order valence-electron chi connectivity index (χ2n) is 5.03. The molecule has 2 nitrogen and oxygen atoms in total. The van der Waals surface area contributed by atoms with Crippen LogP contribution in [0.2, 0.25) is 0 Å². The van der Waals surface area contributed by atoms with E-state index < -0.39 is 0 Å². The third-order valence-electron chi connectivity index (χ3n) is 3.21. The van der Waals surface area contributed by atoms with Crippen LogP contribution < -0.4 is 5.32 Å². The van der Waals surface area contributed by atoms with Crippen LogP contribution in [0.3, 0.4) is 0 Å². The summed E-state index contributed by atoms with van der Waals surface area (Å²) in [5, 5.41) is 3.64. The fourth-order valence-corrected chi connectivity index (χ4v) is 2.56. The molecule has 2 aliphatic rings. The summed E-state index contributed by atoms with van der Waals surface area (Å²) in [6, 6.07) is 3.13. The predicted molar refractivity (Wildman–Crippen MR) is 55.9 cm³/mol. The van der Waals surface area contributed by atoms with Gasteiger partial charge < -0.3 is 5.32 Å². The summed E-state index contributed by atoms with van der Waals surface area (Å²) in [5.74, 6) is 0. The standard InChI is InChI=1S/C11H22N2/c1-8(2)12-10-6-9(3)13(7-10)11-4-5-11/h8-12H,4-7H2,1-3H3. The molecule has 0 spiro atoms. The molecule has 1 saturated carbocycles. The maximum Gasteiger partial charge on any atom is 0.0212 e. The van der Waals surface area contributed by atoms with E-state index in [1.165, 1.54) is 25.8 Å². The molecule has 0 amide bonds. The van der Waals surface area contributed by atoms with Gasteiger partial charge in [0.05, 0.1) is 0 Å². The summed E-state index contributed by atoms with van der Waals surface area (Å²) in [5.41, 5.74) is 0. The Morgan fingerprint density at radius 1 is 1.31 bits per heavy atom. The number of hydrogen-bond donors (Lipinski definition) is 1. The first-order valence-electron chi connectivity index (χ1n) is 5.68. The lowest BCUT2D eigenvalue weighted by Crippen LogP contribution is -2.37. The fraction of sp³-hybridized carbons (Fsp3) is 1.00. The lowest BCUT2D eigenvalue weighted by Gasteiger charge is -2.20. The van der Waals surface area contributed by atoms with Crippen LogP contribution in [-0.4, -0.2) is 35.6 Å². The van der Waals surface area contributed by atoms with Gasteiger partial charge >= 0.3 is 0 Å². The first-order valence-corrected chi connectivity index (χ1v) is 5.68. The van der Waals surface area contributed by atoms with E-state index in [1.54, 1.807) is 0 Å². The predicted octanol–water partition coefficient (Wildman–Crippen LogP) is 1.61. The van der Waals surface area contributed by atoms with Crippen molar-refractivity contribution >= 4 is 0 Å². The summed E-state index contributed by atoms with van der Waals surface area (Å²) < 4.78 is 0. The number of nitrogens with one attached hydrogen (secondary N) is 1. The molecule has 0 aromatic heterocycles. The van der Waals surface area contributed by atoms with Gasteiger partial charge in [-0.05, 0) is 26.2 Å². The molecule has 0 bridgehead atoms. The van der Waals surface area contributed by atoms with Crippen LogP contribution in [0.15, 0.2) is 0 Å². The van der Waals surface area contributed by atoms with Crippen molar-refractivity contribution < 1.29 is 0 Å². The molecular formula is C11H22N2. The molecule has 1 heterocycles. The van der Waals surface area contributed by atoms with Crippen LogP contribution in [0.4, 0.5) is 0 Å². The summed E-state index contributed by atoms with van der Waals surface area (Å²) >= 11 is 0. The number of nitrogens with zero attached hydrogens (tertiary/aromatic N) is 1. The highest BCUT2D eigenvalue weighted by molar-refractivity contribution is 4.96. The van der Waals surface area contributed by atoms with Gasteiger partial charge in [-0.2, -0.15) is 0 Å². The molecule has 2 rings (SSSR count). The van der Waals surface area contributed by atoms with Gasteiger partial charge in [0.1, 0.15) is 0 Å². The molecule has 0 radical (unpaired) electrons. The monoisotopic (exact) mass is 182 g/mol. The van der Waals surface area contributed by atoms with Crippen molar-refractivity contribution in [3.63, 3.8) is 0 Å². The van der Waals surface area contributed by atoms with Gasteiger partial charge in [-0.15, -0.1) is 0 Å². The highest BCUT2D eigenvalue weighted by Gasteiger charge is 2.38. The molecule has 1 N–H and O–H groups in total. The first kappa shape index (κ1) is 9.47. The second-order valence-corrected chi connectivity index (χ2v) is 5.03. The van der Waals surface area contributed by atoms with E-state index in [-0.39, 0.29) is 0 Å². The van der Waals surface area contributed by atoms with Crippen LogP contribution in [0.5, 0.6) is 0 Å². The number of likely N-dealkylation sites (tertiary alicyclic amines) is 1. The SMILES string of the molecule is CC(C)NC1CC(C)N(C2CC2)C1.